The molecular formula is C20H26S2. The Morgan fingerprint density at radius 3 is 1.41 bits per heavy atom. The quantitative estimate of drug-likeness (QED) is 0.564. The Morgan fingerprint density at radius 1 is 0.636 bits per heavy atom. The SMILES string of the molecule is Cc1ccc(CSCCSCc2ccc(C)cc2C)c(C)c1. The lowest BCUT2D eigenvalue weighted by molar-refractivity contribution is 1.27. The zero-order chi connectivity index (χ0) is 15.9. The number of rotatable bonds is 7. The highest BCUT2D eigenvalue weighted by Gasteiger charge is 2.01. The van der Waals surface area contributed by atoms with Crippen LogP contribution in [0.25, 0.3) is 0 Å². The molecule has 0 aliphatic rings. The average molecular weight is 331 g/mol. The van der Waals surface area contributed by atoms with E-state index in [2.05, 4.69) is 64.1 Å². The summed E-state index contributed by atoms with van der Waals surface area (Å²) in [5.74, 6) is 4.72. The molecule has 22 heavy (non-hydrogen) atoms. The Hall–Kier alpha value is -0.860. The zero-order valence-electron chi connectivity index (χ0n) is 14.1. The first-order valence-corrected chi connectivity index (χ1v) is 10.1. The summed E-state index contributed by atoms with van der Waals surface area (Å²) in [5.41, 5.74) is 8.53. The lowest BCUT2D eigenvalue weighted by atomic mass is 10.1. The van der Waals surface area contributed by atoms with Gasteiger partial charge < -0.3 is 0 Å². The van der Waals surface area contributed by atoms with E-state index in [1.54, 1.807) is 0 Å². The molecule has 0 amide bonds. The normalized spacial score (nSPS) is 10.9. The lowest BCUT2D eigenvalue weighted by Crippen LogP contribution is -1.92. The van der Waals surface area contributed by atoms with Crippen LogP contribution in [-0.2, 0) is 11.5 Å². The molecule has 0 heterocycles. The molecule has 0 atom stereocenters. The van der Waals surface area contributed by atoms with Crippen molar-refractivity contribution in [2.45, 2.75) is 39.2 Å². The van der Waals surface area contributed by atoms with Gasteiger partial charge >= 0.3 is 0 Å². The highest BCUT2D eigenvalue weighted by atomic mass is 32.2. The molecule has 0 spiro atoms. The largest absolute Gasteiger partial charge is 0.156 e. The van der Waals surface area contributed by atoms with E-state index in [4.69, 9.17) is 0 Å². The Morgan fingerprint density at radius 2 is 1.05 bits per heavy atom. The molecule has 0 unspecified atom stereocenters. The molecule has 0 nitrogen and oxygen atoms in total. The van der Waals surface area contributed by atoms with Crippen molar-refractivity contribution < 1.29 is 0 Å². The van der Waals surface area contributed by atoms with Crippen molar-refractivity contribution in [1.82, 2.24) is 0 Å². The van der Waals surface area contributed by atoms with Crippen LogP contribution in [0.4, 0.5) is 0 Å². The molecule has 0 saturated heterocycles. The van der Waals surface area contributed by atoms with E-state index < -0.39 is 0 Å². The molecular weight excluding hydrogens is 304 g/mol. The molecule has 0 saturated carbocycles. The molecule has 0 fully saturated rings. The summed E-state index contributed by atoms with van der Waals surface area (Å²) in [7, 11) is 0. The predicted molar refractivity (Wildman–Crippen MR) is 104 cm³/mol. The standard InChI is InChI=1S/C20H26S2/c1-15-5-7-19(17(3)11-15)13-21-9-10-22-14-20-8-6-16(2)12-18(20)4/h5-8,11-12H,9-10,13-14H2,1-4H3. The van der Waals surface area contributed by atoms with Crippen molar-refractivity contribution in [2.24, 2.45) is 0 Å². The van der Waals surface area contributed by atoms with Crippen molar-refractivity contribution in [1.29, 1.82) is 0 Å². The minimum absolute atomic E-state index is 1.14. The van der Waals surface area contributed by atoms with E-state index in [0.29, 0.717) is 0 Å². The molecule has 0 aliphatic carbocycles. The van der Waals surface area contributed by atoms with Crippen LogP contribution in [0.1, 0.15) is 33.4 Å². The van der Waals surface area contributed by atoms with Gasteiger partial charge in [-0.2, -0.15) is 23.5 Å². The zero-order valence-corrected chi connectivity index (χ0v) is 15.7. The van der Waals surface area contributed by atoms with Crippen LogP contribution in [0.5, 0.6) is 0 Å². The van der Waals surface area contributed by atoms with Crippen LogP contribution in [0.3, 0.4) is 0 Å². The number of benzene rings is 2. The minimum atomic E-state index is 1.14. The summed E-state index contributed by atoms with van der Waals surface area (Å²) < 4.78 is 0. The summed E-state index contributed by atoms with van der Waals surface area (Å²) >= 11 is 4.09. The van der Waals surface area contributed by atoms with Crippen LogP contribution >= 0.6 is 23.5 Å². The Labute approximate surface area is 144 Å². The van der Waals surface area contributed by atoms with Crippen LogP contribution in [0.2, 0.25) is 0 Å². The van der Waals surface area contributed by atoms with Gasteiger partial charge in [0.15, 0.2) is 0 Å². The first-order chi connectivity index (χ1) is 10.6. The highest BCUT2D eigenvalue weighted by molar-refractivity contribution is 8.02. The van der Waals surface area contributed by atoms with Crippen molar-refractivity contribution in [2.75, 3.05) is 11.5 Å². The van der Waals surface area contributed by atoms with Crippen molar-refractivity contribution in [3.63, 3.8) is 0 Å². The molecule has 118 valence electrons. The van der Waals surface area contributed by atoms with Crippen LogP contribution in [0, 0.1) is 27.7 Å². The fourth-order valence-electron chi connectivity index (χ4n) is 2.50. The molecule has 0 radical (unpaired) electrons. The molecule has 2 heteroatoms. The summed E-state index contributed by atoms with van der Waals surface area (Å²) in [5, 5.41) is 0. The Bertz CT molecular complexity index is 562. The molecule has 0 aromatic heterocycles. The lowest BCUT2D eigenvalue weighted by Gasteiger charge is -2.08. The smallest absolute Gasteiger partial charge is 0.0187 e. The third-order valence-electron chi connectivity index (χ3n) is 3.88. The van der Waals surface area contributed by atoms with E-state index in [0.717, 1.165) is 11.5 Å². The monoisotopic (exact) mass is 330 g/mol. The van der Waals surface area contributed by atoms with E-state index in [9.17, 15) is 0 Å². The topological polar surface area (TPSA) is 0 Å². The fourth-order valence-corrected chi connectivity index (χ4v) is 4.82. The van der Waals surface area contributed by atoms with Gasteiger partial charge in [0.25, 0.3) is 0 Å². The van der Waals surface area contributed by atoms with E-state index >= 15 is 0 Å². The maximum Gasteiger partial charge on any atom is 0.0187 e. The fraction of sp³-hybridized carbons (Fsp3) is 0.400. The van der Waals surface area contributed by atoms with Crippen LogP contribution in [0.15, 0.2) is 36.4 Å². The van der Waals surface area contributed by atoms with E-state index in [1.807, 2.05) is 23.5 Å². The first-order valence-electron chi connectivity index (χ1n) is 7.84. The van der Waals surface area contributed by atoms with Crippen molar-refractivity contribution >= 4 is 23.5 Å². The van der Waals surface area contributed by atoms with Crippen molar-refractivity contribution in [3.8, 4) is 0 Å². The second-order valence-corrected chi connectivity index (χ2v) is 8.18. The second kappa shape index (κ2) is 8.69. The van der Waals surface area contributed by atoms with Gasteiger partial charge in [-0.15, -0.1) is 0 Å². The molecule has 0 bridgehead atoms. The third kappa shape index (κ3) is 5.40. The molecule has 0 aliphatic heterocycles. The molecule has 2 aromatic carbocycles. The van der Waals surface area contributed by atoms with Crippen molar-refractivity contribution in [3.05, 3.63) is 69.8 Å². The van der Waals surface area contributed by atoms with Gasteiger partial charge in [-0.05, 0) is 49.9 Å². The predicted octanol–water partition coefficient (Wildman–Crippen LogP) is 6.09. The van der Waals surface area contributed by atoms with Gasteiger partial charge in [0.2, 0.25) is 0 Å². The van der Waals surface area contributed by atoms with Gasteiger partial charge in [0.1, 0.15) is 0 Å². The summed E-state index contributed by atoms with van der Waals surface area (Å²) in [6, 6.07) is 13.6. The number of hydrogen-bond donors (Lipinski definition) is 0. The summed E-state index contributed by atoms with van der Waals surface area (Å²) in [6.07, 6.45) is 0. The number of thioether (sulfide) groups is 2. The van der Waals surface area contributed by atoms with Gasteiger partial charge in [-0.25, -0.2) is 0 Å². The maximum atomic E-state index is 2.28. The van der Waals surface area contributed by atoms with E-state index in [-0.39, 0.29) is 0 Å². The molecule has 2 aromatic rings. The average Bonchev–Trinajstić information content (AvgIpc) is 2.46. The molecule has 2 rings (SSSR count). The van der Waals surface area contributed by atoms with Crippen LogP contribution in [-0.4, -0.2) is 11.5 Å². The highest BCUT2D eigenvalue weighted by Crippen LogP contribution is 2.21. The van der Waals surface area contributed by atoms with Gasteiger partial charge in [0.05, 0.1) is 0 Å². The Balaban J connectivity index is 1.67. The van der Waals surface area contributed by atoms with E-state index in [1.165, 1.54) is 44.9 Å². The van der Waals surface area contributed by atoms with Crippen LogP contribution < -0.4 is 0 Å². The second-order valence-electron chi connectivity index (χ2n) is 5.97. The maximum absolute atomic E-state index is 2.28. The third-order valence-corrected chi connectivity index (χ3v) is 6.16. The minimum Gasteiger partial charge on any atom is -0.156 e. The summed E-state index contributed by atoms with van der Waals surface area (Å²) in [6.45, 7) is 8.76. The number of aryl methyl sites for hydroxylation is 4. The number of hydrogen-bond acceptors (Lipinski definition) is 2. The summed E-state index contributed by atoms with van der Waals surface area (Å²) in [4.78, 5) is 0. The van der Waals surface area contributed by atoms with Gasteiger partial charge in [-0.1, -0.05) is 47.5 Å². The Kier molecular flexibility index (Phi) is 6.91. The first kappa shape index (κ1) is 17.5. The van der Waals surface area contributed by atoms with Gasteiger partial charge in [0, 0.05) is 23.0 Å². The van der Waals surface area contributed by atoms with Gasteiger partial charge in [-0.3, -0.25) is 0 Å². The molecule has 0 N–H and O–H groups in total.